The maximum absolute atomic E-state index is 14.8. The zero-order chi connectivity index (χ0) is 36.5. The molecule has 1 saturated heterocycles. The van der Waals surface area contributed by atoms with Crippen LogP contribution in [0.4, 0.5) is 4.39 Å². The van der Waals surface area contributed by atoms with Crippen molar-refractivity contribution in [1.82, 2.24) is 0 Å². The Hall–Kier alpha value is -4.75. The molecule has 4 aliphatic rings. The molecule has 11 nitrogen and oxygen atoms in total. The highest BCUT2D eigenvalue weighted by Gasteiger charge is 2.70. The third kappa shape index (κ3) is 5.65. The van der Waals surface area contributed by atoms with Crippen LogP contribution in [0.3, 0.4) is 0 Å². The van der Waals surface area contributed by atoms with Crippen molar-refractivity contribution < 1.29 is 55.4 Å². The van der Waals surface area contributed by atoms with Crippen molar-refractivity contribution in [3.8, 4) is 17.2 Å². The number of hydrogen-bond acceptors (Lipinski definition) is 10. The fraction of sp³-hybridized carbons (Fsp3) is 0.410. The van der Waals surface area contributed by atoms with Crippen LogP contribution in [0.2, 0.25) is 0 Å². The molecule has 3 saturated carbocycles. The summed E-state index contributed by atoms with van der Waals surface area (Å²) in [7, 11) is -4.68. The van der Waals surface area contributed by atoms with Crippen LogP contribution in [0, 0.1) is 35.4 Å². The summed E-state index contributed by atoms with van der Waals surface area (Å²) in [6.45, 7) is 3.58. The van der Waals surface area contributed by atoms with E-state index in [2.05, 4.69) is 13.8 Å². The fourth-order valence-corrected chi connectivity index (χ4v) is 9.95. The van der Waals surface area contributed by atoms with E-state index >= 15 is 0 Å². The first-order chi connectivity index (χ1) is 24.9. The van der Waals surface area contributed by atoms with E-state index in [-0.39, 0.29) is 55.5 Å². The molecule has 8 rings (SSSR count). The normalized spacial score (nSPS) is 25.8. The average Bonchev–Trinajstić information content (AvgIpc) is 3.87. The largest absolute Gasteiger partial charge is 0.484 e. The van der Waals surface area contributed by atoms with Crippen LogP contribution in [0.25, 0.3) is 21.5 Å². The van der Waals surface area contributed by atoms with Gasteiger partial charge in [-0.3, -0.25) is 14.1 Å². The third-order valence-corrected chi connectivity index (χ3v) is 12.4. The maximum atomic E-state index is 14.8. The van der Waals surface area contributed by atoms with Gasteiger partial charge in [0.15, 0.2) is 18.2 Å². The standard InChI is InChI=1S/C39H37FO11S/c1-20(2)39(15-7-8-16-39)51-29-17-21(13-14-28(29)40)47-19-30(41)48-34-26-18-27-32(38(43)50-35(27)34)31(26)37(42)49-33-22-9-3-5-11-24(22)36(52(44,45)46)25-12-6-4-10-23(25)33/h3-6,9-14,17,20,26-27,31-32,34-35H,7-8,15-16,18-19H2,1-2H3,(H,44,45,46). The van der Waals surface area contributed by atoms with E-state index in [1.807, 2.05) is 0 Å². The summed E-state index contributed by atoms with van der Waals surface area (Å²) in [5.74, 6) is -4.88. The van der Waals surface area contributed by atoms with E-state index in [1.54, 1.807) is 36.4 Å². The van der Waals surface area contributed by atoms with Crippen LogP contribution in [0.1, 0.15) is 46.0 Å². The van der Waals surface area contributed by atoms with E-state index in [0.717, 1.165) is 25.7 Å². The van der Waals surface area contributed by atoms with Gasteiger partial charge in [-0.2, -0.15) is 8.42 Å². The summed E-state index contributed by atoms with van der Waals surface area (Å²) >= 11 is 0. The zero-order valence-electron chi connectivity index (χ0n) is 28.5. The van der Waals surface area contributed by atoms with Crippen LogP contribution in [0.5, 0.6) is 17.2 Å². The molecule has 0 aromatic heterocycles. The Morgan fingerprint density at radius 3 is 2.21 bits per heavy atom. The summed E-state index contributed by atoms with van der Waals surface area (Å²) in [6, 6.07) is 16.7. The van der Waals surface area contributed by atoms with Crippen LogP contribution in [-0.4, -0.2) is 55.3 Å². The minimum absolute atomic E-state index is 0.0491. The first kappa shape index (κ1) is 34.3. The Morgan fingerprint density at radius 2 is 1.60 bits per heavy atom. The van der Waals surface area contributed by atoms with Crippen molar-refractivity contribution in [1.29, 1.82) is 0 Å². The molecule has 13 heteroatoms. The second kappa shape index (κ2) is 12.7. The van der Waals surface area contributed by atoms with Gasteiger partial charge < -0.3 is 23.7 Å². The van der Waals surface area contributed by atoms with Gasteiger partial charge in [0.1, 0.15) is 34.2 Å². The molecule has 4 aromatic carbocycles. The van der Waals surface area contributed by atoms with Gasteiger partial charge in [-0.05, 0) is 50.2 Å². The van der Waals surface area contributed by atoms with Gasteiger partial charge in [-0.25, -0.2) is 9.18 Å². The average molecular weight is 733 g/mol. The van der Waals surface area contributed by atoms with Crippen molar-refractivity contribution in [3.63, 3.8) is 0 Å². The molecule has 4 aromatic rings. The van der Waals surface area contributed by atoms with Crippen molar-refractivity contribution in [2.45, 2.75) is 68.7 Å². The molecule has 0 radical (unpaired) electrons. The molecule has 0 amide bonds. The second-order valence-corrected chi connectivity index (χ2v) is 15.9. The molecule has 6 unspecified atom stereocenters. The fourth-order valence-electron chi connectivity index (χ4n) is 9.04. The highest BCUT2D eigenvalue weighted by atomic mass is 32.2. The minimum Gasteiger partial charge on any atom is -0.484 e. The molecular formula is C39H37FO11S. The summed E-state index contributed by atoms with van der Waals surface area (Å²) in [4.78, 5) is 40.0. The Bertz CT molecular complexity index is 2170. The lowest BCUT2D eigenvalue weighted by atomic mass is 9.78. The van der Waals surface area contributed by atoms with Gasteiger partial charge in [0.05, 0.1) is 11.8 Å². The molecule has 1 N–H and O–H groups in total. The molecule has 6 atom stereocenters. The van der Waals surface area contributed by atoms with Gasteiger partial charge in [0, 0.05) is 39.4 Å². The molecule has 52 heavy (non-hydrogen) atoms. The second-order valence-electron chi connectivity index (χ2n) is 14.5. The topological polar surface area (TPSA) is 152 Å². The predicted octanol–water partition coefficient (Wildman–Crippen LogP) is 6.43. The number of ether oxygens (including phenoxy) is 5. The summed E-state index contributed by atoms with van der Waals surface area (Å²) < 4.78 is 79.4. The van der Waals surface area contributed by atoms with Gasteiger partial charge in [0.2, 0.25) is 0 Å². The Labute approximate surface area is 299 Å². The Balaban J connectivity index is 1.01. The summed E-state index contributed by atoms with van der Waals surface area (Å²) in [5.41, 5.74) is -0.474. The monoisotopic (exact) mass is 732 g/mol. The van der Waals surface area contributed by atoms with Gasteiger partial charge in [0.25, 0.3) is 10.1 Å². The number of carbonyl (C=O) groups is 3. The third-order valence-electron chi connectivity index (χ3n) is 11.5. The van der Waals surface area contributed by atoms with E-state index in [4.69, 9.17) is 23.7 Å². The van der Waals surface area contributed by atoms with E-state index in [0.29, 0.717) is 6.42 Å². The van der Waals surface area contributed by atoms with Gasteiger partial charge in [-0.15, -0.1) is 0 Å². The number of fused-ring (bicyclic) bond motifs is 3. The van der Waals surface area contributed by atoms with Crippen LogP contribution in [0.15, 0.2) is 71.6 Å². The molecule has 0 spiro atoms. The van der Waals surface area contributed by atoms with Crippen LogP contribution >= 0.6 is 0 Å². The molecule has 2 bridgehead atoms. The maximum Gasteiger partial charge on any atom is 0.344 e. The number of benzene rings is 4. The highest BCUT2D eigenvalue weighted by Crippen LogP contribution is 2.59. The molecule has 4 fully saturated rings. The molecule has 272 valence electrons. The number of hydrogen-bond donors (Lipinski definition) is 1. The minimum atomic E-state index is -4.68. The lowest BCUT2D eigenvalue weighted by Gasteiger charge is -2.34. The first-order valence-electron chi connectivity index (χ1n) is 17.5. The SMILES string of the molecule is CC(C)C1(Oc2cc(OCC(=O)OC3C4CC5C3OC(=O)C5C4C(=O)Oc3c4ccccc4c(S(=O)(=O)O)c4ccccc34)ccc2F)CCCC1. The Morgan fingerprint density at radius 1 is 0.962 bits per heavy atom. The Kier molecular flexibility index (Phi) is 8.41. The lowest BCUT2D eigenvalue weighted by Crippen LogP contribution is -2.44. The van der Waals surface area contributed by atoms with E-state index in [1.165, 1.54) is 30.3 Å². The quantitative estimate of drug-likeness (QED) is 0.0831. The highest BCUT2D eigenvalue weighted by molar-refractivity contribution is 7.86. The van der Waals surface area contributed by atoms with E-state index in [9.17, 15) is 31.7 Å². The van der Waals surface area contributed by atoms with Crippen molar-refractivity contribution in [2.75, 3.05) is 6.61 Å². The molecular weight excluding hydrogens is 695 g/mol. The first-order valence-corrected chi connectivity index (χ1v) is 18.9. The zero-order valence-corrected chi connectivity index (χ0v) is 29.3. The van der Waals surface area contributed by atoms with E-state index < -0.39 is 76.0 Å². The van der Waals surface area contributed by atoms with Crippen molar-refractivity contribution in [3.05, 3.63) is 72.5 Å². The summed E-state index contributed by atoms with van der Waals surface area (Å²) in [6.07, 6.45) is 2.36. The number of rotatable bonds is 10. The van der Waals surface area contributed by atoms with Crippen LogP contribution < -0.4 is 14.2 Å². The van der Waals surface area contributed by atoms with Crippen molar-refractivity contribution >= 4 is 49.6 Å². The van der Waals surface area contributed by atoms with Crippen molar-refractivity contribution in [2.24, 2.45) is 29.6 Å². The lowest BCUT2D eigenvalue weighted by molar-refractivity contribution is -0.165. The smallest absolute Gasteiger partial charge is 0.344 e. The molecule has 1 aliphatic heterocycles. The number of esters is 3. The predicted molar refractivity (Wildman–Crippen MR) is 184 cm³/mol. The van der Waals surface area contributed by atoms with Gasteiger partial charge in [-0.1, -0.05) is 62.4 Å². The number of carbonyl (C=O) groups excluding carboxylic acids is 3. The summed E-state index contributed by atoms with van der Waals surface area (Å²) in [5, 5.41) is 0.859. The molecule has 1 heterocycles. The number of halogens is 1. The van der Waals surface area contributed by atoms with Crippen LogP contribution in [-0.2, 0) is 34.0 Å². The van der Waals surface area contributed by atoms with Gasteiger partial charge >= 0.3 is 17.9 Å². The molecule has 3 aliphatic carbocycles.